The molecule has 5 heteroatoms. The number of hydrogen-bond donors (Lipinski definition) is 1. The van der Waals surface area contributed by atoms with Crippen LogP contribution in [-0.2, 0) is 6.54 Å². The lowest BCUT2D eigenvalue weighted by molar-refractivity contribution is 0.217. The molecule has 0 saturated heterocycles. The molecule has 4 nitrogen and oxygen atoms in total. The van der Waals surface area contributed by atoms with E-state index in [4.69, 9.17) is 16.0 Å². The molecule has 0 fully saturated rings. The van der Waals surface area contributed by atoms with Crippen LogP contribution in [0.5, 0.6) is 0 Å². The van der Waals surface area contributed by atoms with Gasteiger partial charge in [0.25, 0.3) is 0 Å². The minimum absolute atomic E-state index is 0.237. The molecule has 2 rings (SSSR count). The van der Waals surface area contributed by atoms with Crippen molar-refractivity contribution in [3.8, 4) is 0 Å². The number of carbonyl (C=O) groups is 1. The van der Waals surface area contributed by atoms with E-state index in [-0.39, 0.29) is 6.03 Å². The Kier molecular flexibility index (Phi) is 3.89. The minimum atomic E-state index is -0.237. The van der Waals surface area contributed by atoms with Crippen LogP contribution in [-0.4, -0.2) is 18.0 Å². The highest BCUT2D eigenvalue weighted by atomic mass is 35.5. The minimum Gasteiger partial charge on any atom is -0.467 e. The second-order valence-electron chi connectivity index (χ2n) is 3.85. The molecule has 0 radical (unpaired) electrons. The quantitative estimate of drug-likeness (QED) is 0.921. The van der Waals surface area contributed by atoms with Gasteiger partial charge in [0.05, 0.1) is 23.5 Å². The zero-order chi connectivity index (χ0) is 13.0. The maximum absolute atomic E-state index is 11.9. The third-order valence-corrected chi connectivity index (χ3v) is 2.76. The van der Waals surface area contributed by atoms with E-state index < -0.39 is 0 Å². The fourth-order valence-corrected chi connectivity index (χ4v) is 1.66. The van der Waals surface area contributed by atoms with Crippen molar-refractivity contribution in [1.29, 1.82) is 0 Å². The number of nitrogens with one attached hydrogen (secondary N) is 1. The van der Waals surface area contributed by atoms with E-state index in [0.717, 1.165) is 5.76 Å². The monoisotopic (exact) mass is 264 g/mol. The molecule has 2 amide bonds. The number of urea groups is 1. The van der Waals surface area contributed by atoms with Crippen molar-refractivity contribution >= 4 is 23.3 Å². The van der Waals surface area contributed by atoms with E-state index in [2.05, 4.69) is 5.32 Å². The molecule has 1 aromatic heterocycles. The first-order valence-corrected chi connectivity index (χ1v) is 5.83. The molecule has 0 aliphatic rings. The fraction of sp³-hybridized carbons (Fsp3) is 0.154. The Morgan fingerprint density at radius 2 is 2.11 bits per heavy atom. The number of nitrogens with zero attached hydrogens (tertiary/aromatic N) is 1. The average molecular weight is 265 g/mol. The number of rotatable bonds is 3. The number of halogens is 1. The van der Waals surface area contributed by atoms with Gasteiger partial charge in [-0.1, -0.05) is 23.7 Å². The Bertz CT molecular complexity index is 526. The van der Waals surface area contributed by atoms with Gasteiger partial charge in [0, 0.05) is 7.05 Å². The summed E-state index contributed by atoms with van der Waals surface area (Å²) in [4.78, 5) is 13.4. The number of anilines is 1. The Morgan fingerprint density at radius 3 is 2.78 bits per heavy atom. The van der Waals surface area contributed by atoms with Crippen LogP contribution < -0.4 is 5.32 Å². The van der Waals surface area contributed by atoms with Crippen LogP contribution >= 0.6 is 11.6 Å². The van der Waals surface area contributed by atoms with Gasteiger partial charge in [-0.25, -0.2) is 4.79 Å². The Labute approximate surface area is 110 Å². The van der Waals surface area contributed by atoms with Gasteiger partial charge in [0.2, 0.25) is 0 Å². The number of furan rings is 1. The SMILES string of the molecule is CN(Cc1ccco1)C(=O)Nc1ccccc1Cl. The molecule has 2 aromatic rings. The first kappa shape index (κ1) is 12.5. The molecule has 0 saturated carbocycles. The molecule has 1 aromatic carbocycles. The first-order valence-electron chi connectivity index (χ1n) is 5.46. The predicted octanol–water partition coefficient (Wildman–Crippen LogP) is 3.60. The third-order valence-electron chi connectivity index (χ3n) is 2.44. The van der Waals surface area contributed by atoms with Gasteiger partial charge < -0.3 is 14.6 Å². The van der Waals surface area contributed by atoms with Crippen LogP contribution in [0.2, 0.25) is 5.02 Å². The lowest BCUT2D eigenvalue weighted by atomic mass is 10.3. The number of hydrogen-bond acceptors (Lipinski definition) is 2. The second-order valence-corrected chi connectivity index (χ2v) is 4.25. The van der Waals surface area contributed by atoms with Crippen LogP contribution in [0.1, 0.15) is 5.76 Å². The molecule has 0 bridgehead atoms. The summed E-state index contributed by atoms with van der Waals surface area (Å²) >= 11 is 5.96. The first-order chi connectivity index (χ1) is 8.66. The number of benzene rings is 1. The van der Waals surface area contributed by atoms with Crippen LogP contribution in [0.25, 0.3) is 0 Å². The molecule has 94 valence electrons. The highest BCUT2D eigenvalue weighted by Crippen LogP contribution is 2.20. The van der Waals surface area contributed by atoms with Crippen molar-refractivity contribution in [2.24, 2.45) is 0 Å². The third kappa shape index (κ3) is 3.05. The number of para-hydroxylation sites is 1. The maximum Gasteiger partial charge on any atom is 0.322 e. The van der Waals surface area contributed by atoms with Gasteiger partial charge in [0.1, 0.15) is 5.76 Å². The van der Waals surface area contributed by atoms with Crippen molar-refractivity contribution in [3.05, 3.63) is 53.4 Å². The summed E-state index contributed by atoms with van der Waals surface area (Å²) < 4.78 is 5.18. The Morgan fingerprint density at radius 1 is 1.33 bits per heavy atom. The largest absolute Gasteiger partial charge is 0.467 e. The van der Waals surface area contributed by atoms with E-state index in [0.29, 0.717) is 17.3 Å². The molecule has 18 heavy (non-hydrogen) atoms. The van der Waals surface area contributed by atoms with E-state index in [9.17, 15) is 4.79 Å². The predicted molar refractivity (Wildman–Crippen MR) is 70.6 cm³/mol. The maximum atomic E-state index is 11.9. The van der Waals surface area contributed by atoms with Gasteiger partial charge in [-0.05, 0) is 24.3 Å². The molecule has 1 heterocycles. The van der Waals surface area contributed by atoms with Gasteiger partial charge in [-0.2, -0.15) is 0 Å². The lowest BCUT2D eigenvalue weighted by Gasteiger charge is -2.17. The van der Waals surface area contributed by atoms with E-state index in [1.807, 2.05) is 18.2 Å². The zero-order valence-corrected chi connectivity index (χ0v) is 10.6. The average Bonchev–Trinajstić information content (AvgIpc) is 2.84. The summed E-state index contributed by atoms with van der Waals surface area (Å²) in [5.41, 5.74) is 0.593. The van der Waals surface area contributed by atoms with Crippen molar-refractivity contribution in [2.45, 2.75) is 6.54 Å². The van der Waals surface area contributed by atoms with Crippen molar-refractivity contribution < 1.29 is 9.21 Å². The van der Waals surface area contributed by atoms with Crippen LogP contribution in [0.15, 0.2) is 47.1 Å². The van der Waals surface area contributed by atoms with Gasteiger partial charge >= 0.3 is 6.03 Å². The molecule has 0 aliphatic carbocycles. The standard InChI is InChI=1S/C13H13ClN2O2/c1-16(9-10-5-4-8-18-10)13(17)15-12-7-3-2-6-11(12)14/h2-8H,9H2,1H3,(H,15,17). The summed E-state index contributed by atoms with van der Waals surface area (Å²) in [6.07, 6.45) is 1.58. The Balaban J connectivity index is 1.98. The highest BCUT2D eigenvalue weighted by Gasteiger charge is 2.11. The highest BCUT2D eigenvalue weighted by molar-refractivity contribution is 6.33. The molecule has 0 aliphatic heterocycles. The molecular weight excluding hydrogens is 252 g/mol. The van der Waals surface area contributed by atoms with Crippen molar-refractivity contribution in [2.75, 3.05) is 12.4 Å². The van der Waals surface area contributed by atoms with E-state index >= 15 is 0 Å². The summed E-state index contributed by atoms with van der Waals surface area (Å²) in [7, 11) is 1.69. The van der Waals surface area contributed by atoms with Crippen LogP contribution in [0, 0.1) is 0 Å². The summed E-state index contributed by atoms with van der Waals surface area (Å²) in [5, 5.41) is 3.25. The second kappa shape index (κ2) is 5.60. The summed E-state index contributed by atoms with van der Waals surface area (Å²) in [6, 6.07) is 10.5. The Hall–Kier alpha value is -1.94. The zero-order valence-electron chi connectivity index (χ0n) is 9.89. The normalized spacial score (nSPS) is 10.1. The topological polar surface area (TPSA) is 45.5 Å². The molecule has 0 atom stereocenters. The number of amides is 2. The van der Waals surface area contributed by atoms with Crippen LogP contribution in [0.4, 0.5) is 10.5 Å². The molecule has 1 N–H and O–H groups in total. The summed E-state index contributed by atoms with van der Waals surface area (Å²) in [6.45, 7) is 0.406. The molecular formula is C13H13ClN2O2. The fourth-order valence-electron chi connectivity index (χ4n) is 1.48. The van der Waals surface area contributed by atoms with Gasteiger partial charge in [0.15, 0.2) is 0 Å². The smallest absolute Gasteiger partial charge is 0.322 e. The lowest BCUT2D eigenvalue weighted by Crippen LogP contribution is -2.30. The van der Waals surface area contributed by atoms with E-state index in [1.165, 1.54) is 4.90 Å². The van der Waals surface area contributed by atoms with Crippen LogP contribution in [0.3, 0.4) is 0 Å². The molecule has 0 spiro atoms. The van der Waals surface area contributed by atoms with Crippen molar-refractivity contribution in [1.82, 2.24) is 4.90 Å². The van der Waals surface area contributed by atoms with Crippen molar-refractivity contribution in [3.63, 3.8) is 0 Å². The van der Waals surface area contributed by atoms with Gasteiger partial charge in [-0.15, -0.1) is 0 Å². The number of carbonyl (C=O) groups excluding carboxylic acids is 1. The molecule has 0 unspecified atom stereocenters. The van der Waals surface area contributed by atoms with E-state index in [1.54, 1.807) is 31.5 Å². The van der Waals surface area contributed by atoms with Gasteiger partial charge in [-0.3, -0.25) is 0 Å². The summed E-state index contributed by atoms with van der Waals surface area (Å²) in [5.74, 6) is 0.729.